The molecule has 1 amide bonds. The Hall–Kier alpha value is -1.97. The standard InChI is InChI=1S/C19H24N2O2/c1-18(2)8-16-19(3,10-18)11-21(16)17(22)14-9-20-15-6-5-12(23-4)7-13(14)15/h5-7,9,16,20H,8,10-11H2,1-4H3. The third-order valence-electron chi connectivity index (χ3n) is 5.72. The maximum absolute atomic E-state index is 13.1. The number of aromatic amines is 1. The van der Waals surface area contributed by atoms with Gasteiger partial charge in [0.25, 0.3) is 5.91 Å². The van der Waals surface area contributed by atoms with Crippen LogP contribution in [-0.4, -0.2) is 35.5 Å². The number of fused-ring (bicyclic) bond motifs is 2. The first-order valence-electron chi connectivity index (χ1n) is 8.29. The minimum Gasteiger partial charge on any atom is -0.497 e. The van der Waals surface area contributed by atoms with Crippen molar-refractivity contribution in [1.29, 1.82) is 0 Å². The van der Waals surface area contributed by atoms with Crippen LogP contribution in [0.15, 0.2) is 24.4 Å². The Morgan fingerprint density at radius 3 is 2.83 bits per heavy atom. The Morgan fingerprint density at radius 2 is 2.13 bits per heavy atom. The van der Waals surface area contributed by atoms with Crippen molar-refractivity contribution >= 4 is 16.8 Å². The van der Waals surface area contributed by atoms with Gasteiger partial charge in [-0.3, -0.25) is 4.79 Å². The third-order valence-corrected chi connectivity index (χ3v) is 5.72. The van der Waals surface area contributed by atoms with Gasteiger partial charge in [0, 0.05) is 35.1 Å². The molecule has 1 saturated heterocycles. The second-order valence-corrected chi connectivity index (χ2v) is 8.26. The number of rotatable bonds is 2. The minimum absolute atomic E-state index is 0.143. The molecule has 0 bridgehead atoms. The van der Waals surface area contributed by atoms with Gasteiger partial charge in [-0.2, -0.15) is 0 Å². The zero-order valence-electron chi connectivity index (χ0n) is 14.3. The minimum atomic E-state index is 0.143. The summed E-state index contributed by atoms with van der Waals surface area (Å²) in [5, 5.41) is 0.945. The molecule has 1 aliphatic heterocycles. The zero-order valence-corrected chi connectivity index (χ0v) is 14.3. The van der Waals surface area contributed by atoms with Gasteiger partial charge in [-0.25, -0.2) is 0 Å². The second kappa shape index (κ2) is 4.53. The van der Waals surface area contributed by atoms with Crippen LogP contribution in [0.3, 0.4) is 0 Å². The van der Waals surface area contributed by atoms with Crippen molar-refractivity contribution in [3.63, 3.8) is 0 Å². The Balaban J connectivity index is 1.66. The van der Waals surface area contributed by atoms with E-state index in [1.54, 1.807) is 7.11 Å². The normalized spacial score (nSPS) is 28.5. The van der Waals surface area contributed by atoms with Gasteiger partial charge < -0.3 is 14.6 Å². The van der Waals surface area contributed by atoms with Gasteiger partial charge in [0.15, 0.2) is 0 Å². The van der Waals surface area contributed by atoms with Crippen molar-refractivity contribution in [3.05, 3.63) is 30.0 Å². The number of hydrogen-bond donors (Lipinski definition) is 1. The molecule has 0 radical (unpaired) electrons. The number of carbonyl (C=O) groups excluding carboxylic acids is 1. The van der Waals surface area contributed by atoms with E-state index in [0.29, 0.717) is 16.9 Å². The van der Waals surface area contributed by atoms with Gasteiger partial charge >= 0.3 is 0 Å². The lowest BCUT2D eigenvalue weighted by Gasteiger charge is -2.52. The molecule has 1 aromatic heterocycles. The summed E-state index contributed by atoms with van der Waals surface area (Å²) >= 11 is 0. The monoisotopic (exact) mass is 312 g/mol. The van der Waals surface area contributed by atoms with E-state index in [9.17, 15) is 4.79 Å². The summed E-state index contributed by atoms with van der Waals surface area (Å²) in [5.74, 6) is 0.922. The molecule has 1 N–H and O–H groups in total. The van der Waals surface area contributed by atoms with Gasteiger partial charge in [0.05, 0.1) is 12.7 Å². The van der Waals surface area contributed by atoms with Crippen LogP contribution in [0.25, 0.3) is 10.9 Å². The highest BCUT2D eigenvalue weighted by atomic mass is 16.5. The molecule has 2 aliphatic rings. The molecule has 2 atom stereocenters. The van der Waals surface area contributed by atoms with Crippen molar-refractivity contribution in [2.75, 3.05) is 13.7 Å². The van der Waals surface area contributed by atoms with Crippen molar-refractivity contribution in [1.82, 2.24) is 9.88 Å². The SMILES string of the molecule is COc1ccc2[nH]cc(C(=O)N3CC4(C)CC(C)(C)CC34)c2c1. The summed E-state index contributed by atoms with van der Waals surface area (Å²) in [5.41, 5.74) is 2.36. The number of aromatic nitrogens is 1. The summed E-state index contributed by atoms with van der Waals surface area (Å²) in [6.07, 6.45) is 4.14. The number of benzene rings is 1. The van der Waals surface area contributed by atoms with Crippen molar-refractivity contribution in [2.45, 2.75) is 39.7 Å². The molecule has 2 unspecified atom stereocenters. The Bertz CT molecular complexity index is 792. The van der Waals surface area contributed by atoms with E-state index in [2.05, 4.69) is 30.7 Å². The molecule has 4 nitrogen and oxygen atoms in total. The first kappa shape index (κ1) is 14.6. The first-order chi connectivity index (χ1) is 10.8. The fraction of sp³-hybridized carbons (Fsp3) is 0.526. The highest BCUT2D eigenvalue weighted by molar-refractivity contribution is 6.07. The van der Waals surface area contributed by atoms with Gasteiger partial charge in [-0.1, -0.05) is 20.8 Å². The molecule has 23 heavy (non-hydrogen) atoms. The van der Waals surface area contributed by atoms with E-state index < -0.39 is 0 Å². The first-order valence-corrected chi connectivity index (χ1v) is 8.29. The second-order valence-electron chi connectivity index (χ2n) is 8.26. The molecule has 4 heteroatoms. The number of amides is 1. The fourth-order valence-electron chi connectivity index (χ4n) is 4.86. The van der Waals surface area contributed by atoms with Crippen LogP contribution in [0.2, 0.25) is 0 Å². The maximum Gasteiger partial charge on any atom is 0.256 e. The molecule has 2 heterocycles. The summed E-state index contributed by atoms with van der Waals surface area (Å²) in [6, 6.07) is 6.19. The molecule has 4 rings (SSSR count). The number of nitrogens with one attached hydrogen (secondary N) is 1. The van der Waals surface area contributed by atoms with Gasteiger partial charge in [0.2, 0.25) is 0 Å². The van der Waals surface area contributed by atoms with E-state index in [4.69, 9.17) is 4.74 Å². The lowest BCUT2D eigenvalue weighted by atomic mass is 9.74. The smallest absolute Gasteiger partial charge is 0.256 e. The maximum atomic E-state index is 13.1. The van der Waals surface area contributed by atoms with Gasteiger partial charge in [-0.15, -0.1) is 0 Å². The van der Waals surface area contributed by atoms with Crippen LogP contribution in [0.4, 0.5) is 0 Å². The number of carbonyl (C=O) groups is 1. The molecular formula is C19H24N2O2. The van der Waals surface area contributed by atoms with Crippen LogP contribution in [0.1, 0.15) is 44.0 Å². The molecule has 122 valence electrons. The number of methoxy groups -OCH3 is 1. The van der Waals surface area contributed by atoms with Crippen LogP contribution >= 0.6 is 0 Å². The Kier molecular flexibility index (Phi) is 2.88. The number of nitrogens with zero attached hydrogens (tertiary/aromatic N) is 1. The summed E-state index contributed by atoms with van der Waals surface area (Å²) in [6.45, 7) is 7.83. The van der Waals surface area contributed by atoms with Crippen molar-refractivity contribution in [3.8, 4) is 5.75 Å². The molecule has 0 spiro atoms. The van der Waals surface area contributed by atoms with Crippen LogP contribution in [0.5, 0.6) is 5.75 Å². The van der Waals surface area contributed by atoms with Crippen LogP contribution in [0, 0.1) is 10.8 Å². The largest absolute Gasteiger partial charge is 0.497 e. The number of ether oxygens (including phenoxy) is 1. The van der Waals surface area contributed by atoms with Gasteiger partial charge in [-0.05, 0) is 36.5 Å². The molecule has 2 aromatic rings. The van der Waals surface area contributed by atoms with E-state index in [-0.39, 0.29) is 5.91 Å². The summed E-state index contributed by atoms with van der Waals surface area (Å²) in [7, 11) is 1.65. The quantitative estimate of drug-likeness (QED) is 0.916. The average molecular weight is 312 g/mol. The number of likely N-dealkylation sites (tertiary alicyclic amines) is 1. The van der Waals surface area contributed by atoms with E-state index in [0.717, 1.165) is 35.2 Å². The Morgan fingerprint density at radius 1 is 1.35 bits per heavy atom. The van der Waals surface area contributed by atoms with Gasteiger partial charge in [0.1, 0.15) is 5.75 Å². The average Bonchev–Trinajstić information content (AvgIpc) is 2.99. The third kappa shape index (κ3) is 2.07. The van der Waals surface area contributed by atoms with E-state index in [1.165, 1.54) is 6.42 Å². The summed E-state index contributed by atoms with van der Waals surface area (Å²) < 4.78 is 5.30. The van der Waals surface area contributed by atoms with Crippen molar-refractivity contribution < 1.29 is 9.53 Å². The highest BCUT2D eigenvalue weighted by Gasteiger charge is 2.59. The van der Waals surface area contributed by atoms with Crippen LogP contribution < -0.4 is 4.74 Å². The topological polar surface area (TPSA) is 45.3 Å². The Labute approximate surface area is 136 Å². The lowest BCUT2D eigenvalue weighted by Crippen LogP contribution is -2.62. The highest BCUT2D eigenvalue weighted by Crippen LogP contribution is 2.57. The predicted octanol–water partition coefficient (Wildman–Crippen LogP) is 3.83. The zero-order chi connectivity index (χ0) is 16.4. The lowest BCUT2D eigenvalue weighted by molar-refractivity contribution is -0.0214. The number of hydrogen-bond acceptors (Lipinski definition) is 2. The molecule has 1 aromatic carbocycles. The van der Waals surface area contributed by atoms with Crippen molar-refractivity contribution in [2.24, 2.45) is 10.8 Å². The summed E-state index contributed by atoms with van der Waals surface area (Å²) in [4.78, 5) is 18.3. The molecule has 1 saturated carbocycles. The van der Waals surface area contributed by atoms with E-state index >= 15 is 0 Å². The van der Waals surface area contributed by atoms with Crippen LogP contribution in [-0.2, 0) is 0 Å². The predicted molar refractivity (Wildman–Crippen MR) is 90.8 cm³/mol. The number of H-pyrrole nitrogens is 1. The molecule has 2 fully saturated rings. The molecular weight excluding hydrogens is 288 g/mol. The fourth-order valence-corrected chi connectivity index (χ4v) is 4.86. The molecule has 1 aliphatic carbocycles. The van der Waals surface area contributed by atoms with E-state index in [1.807, 2.05) is 24.4 Å².